The molecular weight excluding hydrogens is 751 g/mol. The van der Waals surface area contributed by atoms with Gasteiger partial charge in [-0.15, -0.1) is 0 Å². The van der Waals surface area contributed by atoms with Gasteiger partial charge in [-0.2, -0.15) is 0 Å². The van der Waals surface area contributed by atoms with Crippen LogP contribution in [0.3, 0.4) is 0 Å². The Labute approximate surface area is 343 Å². The number of aromatic amines is 1. The van der Waals surface area contributed by atoms with Gasteiger partial charge < -0.3 is 55.0 Å². The fourth-order valence-corrected chi connectivity index (χ4v) is 8.11. The Hall–Kier alpha value is -5.92. The van der Waals surface area contributed by atoms with Crippen molar-refractivity contribution in [3.63, 3.8) is 0 Å². The quantitative estimate of drug-likeness (QED) is 0.0646. The summed E-state index contributed by atoms with van der Waals surface area (Å²) in [6, 6.07) is 8.51. The Morgan fingerprint density at radius 3 is 2.47 bits per heavy atom. The van der Waals surface area contributed by atoms with Gasteiger partial charge in [0.25, 0.3) is 5.91 Å². The fourth-order valence-electron chi connectivity index (χ4n) is 8.11. The zero-order chi connectivity index (χ0) is 41.6. The van der Waals surface area contributed by atoms with Gasteiger partial charge in [0.05, 0.1) is 28.2 Å². The average molecular weight is 806 g/mol. The molecule has 2 aromatic heterocycles. The molecule has 59 heavy (non-hydrogen) atoms. The lowest BCUT2D eigenvalue weighted by molar-refractivity contribution is -0.147. The van der Waals surface area contributed by atoms with Gasteiger partial charge >= 0.3 is 11.9 Å². The van der Waals surface area contributed by atoms with Crippen molar-refractivity contribution in [3.8, 4) is 23.2 Å². The van der Waals surface area contributed by atoms with Gasteiger partial charge in [0.2, 0.25) is 5.75 Å². The number of nitrogens with zero attached hydrogens (tertiary/aromatic N) is 1. The summed E-state index contributed by atoms with van der Waals surface area (Å²) in [5.41, 5.74) is 4.46. The van der Waals surface area contributed by atoms with Crippen molar-refractivity contribution >= 4 is 55.9 Å². The average Bonchev–Trinajstić information content (AvgIpc) is 3.79. The Balaban J connectivity index is 1.28. The number of hydrogen-bond donors (Lipinski definition) is 7. The summed E-state index contributed by atoms with van der Waals surface area (Å²) in [6.45, 7) is 11.6. The van der Waals surface area contributed by atoms with E-state index in [-0.39, 0.29) is 68.8 Å². The van der Waals surface area contributed by atoms with E-state index in [9.17, 15) is 24.9 Å². The van der Waals surface area contributed by atoms with E-state index in [4.69, 9.17) is 13.9 Å². The van der Waals surface area contributed by atoms with E-state index in [0.717, 1.165) is 63.0 Å². The molecule has 1 amide bonds. The van der Waals surface area contributed by atoms with Crippen molar-refractivity contribution in [2.75, 3.05) is 36.4 Å². The van der Waals surface area contributed by atoms with Crippen LogP contribution in [0.5, 0.6) is 23.2 Å². The van der Waals surface area contributed by atoms with Crippen LogP contribution >= 0.6 is 0 Å². The normalized spacial score (nSPS) is 19.7. The molecule has 2 atom stereocenters. The number of benzene rings is 3. The van der Waals surface area contributed by atoms with Crippen LogP contribution in [0.4, 0.5) is 11.4 Å². The van der Waals surface area contributed by atoms with Gasteiger partial charge in [0, 0.05) is 80.0 Å². The number of phenols is 2. The largest absolute Gasteiger partial charge is 0.507 e. The van der Waals surface area contributed by atoms with Crippen LogP contribution < -0.4 is 25.6 Å². The number of ether oxygens (including phenoxy) is 2. The molecule has 0 aliphatic carbocycles. The first kappa shape index (κ1) is 41.2. The Kier molecular flexibility index (Phi) is 12.8. The Morgan fingerprint density at radius 1 is 0.949 bits per heavy atom. The molecule has 0 saturated carbocycles. The molecule has 4 bridgehead atoms. The number of phenolic OH excluding ortho intramolecular Hbond substituents is 2. The molecule has 1 saturated heterocycles. The van der Waals surface area contributed by atoms with Crippen LogP contribution in [0, 0.1) is 12.8 Å². The van der Waals surface area contributed by atoms with Crippen molar-refractivity contribution in [1.82, 2.24) is 15.6 Å². The highest BCUT2D eigenvalue weighted by Gasteiger charge is 2.30. The second-order valence-corrected chi connectivity index (χ2v) is 15.7. The predicted octanol–water partition coefficient (Wildman–Crippen LogP) is 8.45. The maximum absolute atomic E-state index is 13.8. The van der Waals surface area contributed by atoms with Crippen LogP contribution in [0.2, 0.25) is 0 Å². The summed E-state index contributed by atoms with van der Waals surface area (Å²) in [4.78, 5) is 31.4. The molecule has 3 aromatic carbocycles. The second kappa shape index (κ2) is 18.3. The maximum atomic E-state index is 13.8. The minimum absolute atomic E-state index is 0.0308. The number of amides is 1. The third-order valence-electron chi connectivity index (χ3n) is 11.4. The minimum Gasteiger partial charge on any atom is -0.507 e. The van der Waals surface area contributed by atoms with E-state index in [2.05, 4.69) is 63.1 Å². The molecule has 4 heterocycles. The standard InChI is InChI=1S/C46H55N5O8/c1-27-10-5-6-13-34(58-30(4)52)14-7-8-23-57-46-43(55)38-36-37(41(53)29(3)44(38)59-46)42(54)40(50-45(56)28(2)12-9-11-27)35-32(26-49-39(35)36)25-48-24-31-15-17-33(18-16-31)51-21-19-47-20-22-51/h8-9,11-12,15-18,23,26-27,34,47-49,53-55H,5-7,10,13-14,19-22,24-25H2,1-4H3,(H,50,56)/b11-9?,23-8?,28-12-. The van der Waals surface area contributed by atoms with Crippen molar-refractivity contribution < 1.29 is 38.8 Å². The number of carbonyl (C=O) groups excluding carboxylic acids is 2. The molecule has 0 spiro atoms. The number of aryl methyl sites for hydroxylation is 1. The van der Waals surface area contributed by atoms with Gasteiger partial charge in [-0.05, 0) is 81.2 Å². The lowest BCUT2D eigenvalue weighted by Gasteiger charge is -2.29. The topological polar surface area (TPSA) is 182 Å². The van der Waals surface area contributed by atoms with Crippen molar-refractivity contribution in [3.05, 3.63) is 83.3 Å². The predicted molar refractivity (Wildman–Crippen MR) is 231 cm³/mol. The van der Waals surface area contributed by atoms with Gasteiger partial charge in [-0.25, -0.2) is 0 Å². The van der Waals surface area contributed by atoms with Crippen LogP contribution in [-0.2, 0) is 27.4 Å². The highest BCUT2D eigenvalue weighted by Crippen LogP contribution is 2.54. The van der Waals surface area contributed by atoms with Gasteiger partial charge in [0.15, 0.2) is 5.75 Å². The van der Waals surface area contributed by atoms with Crippen molar-refractivity contribution in [2.45, 2.75) is 85.4 Å². The Bertz CT molecular complexity index is 2420. The van der Waals surface area contributed by atoms with E-state index in [1.807, 2.05) is 6.08 Å². The number of anilines is 2. The molecule has 1 fully saturated rings. The number of piperazine rings is 1. The number of allylic oxidation sites excluding steroid dienone is 4. The molecule has 13 nitrogen and oxygen atoms in total. The molecule has 7 rings (SSSR count). The molecule has 2 aliphatic rings. The van der Waals surface area contributed by atoms with Gasteiger partial charge in [-0.3, -0.25) is 9.59 Å². The number of hydrogen-bond acceptors (Lipinski definition) is 11. The lowest BCUT2D eigenvalue weighted by Crippen LogP contribution is -2.43. The monoisotopic (exact) mass is 805 g/mol. The van der Waals surface area contributed by atoms with Gasteiger partial charge in [0.1, 0.15) is 17.4 Å². The molecule has 0 radical (unpaired) electrons. The van der Waals surface area contributed by atoms with Crippen molar-refractivity contribution in [1.29, 1.82) is 0 Å². The molecule has 13 heteroatoms. The number of carbonyl (C=O) groups is 2. The van der Waals surface area contributed by atoms with Crippen molar-refractivity contribution in [2.24, 2.45) is 5.92 Å². The zero-order valence-electron chi connectivity index (χ0n) is 34.2. The van der Waals surface area contributed by atoms with Crippen LogP contribution in [0.1, 0.15) is 76.0 Å². The minimum atomic E-state index is -0.431. The smallest absolute Gasteiger partial charge is 0.334 e. The van der Waals surface area contributed by atoms with Crippen LogP contribution in [0.25, 0.3) is 32.6 Å². The number of aromatic nitrogens is 1. The summed E-state index contributed by atoms with van der Waals surface area (Å²) in [5, 5.41) is 46.4. The zero-order valence-corrected chi connectivity index (χ0v) is 34.2. The summed E-state index contributed by atoms with van der Waals surface area (Å²) in [6.07, 6.45) is 15.0. The van der Waals surface area contributed by atoms with E-state index >= 15 is 0 Å². The summed E-state index contributed by atoms with van der Waals surface area (Å²) >= 11 is 0. The Morgan fingerprint density at radius 2 is 1.71 bits per heavy atom. The van der Waals surface area contributed by atoms with Crippen LogP contribution in [-0.4, -0.2) is 64.5 Å². The molecule has 312 valence electrons. The first-order valence-corrected chi connectivity index (χ1v) is 20.6. The molecule has 5 aromatic rings. The first-order chi connectivity index (χ1) is 28.5. The highest BCUT2D eigenvalue weighted by atomic mass is 16.6. The third-order valence-corrected chi connectivity index (χ3v) is 11.4. The van der Waals surface area contributed by atoms with E-state index in [1.165, 1.54) is 18.9 Å². The first-order valence-electron chi connectivity index (χ1n) is 20.6. The number of H-pyrrole nitrogens is 1. The van der Waals surface area contributed by atoms with E-state index in [1.54, 1.807) is 32.2 Å². The SMILES string of the molecule is CC(=O)OC1CCC=COc2oc3c(C)c(O)c4c(O)c(c5c(CNCc6ccc(N7CCNCC7)cc6)c[nH]c5c4c3c2O)NC(=O)/C(C)=C\C=CC(C)CCCC1. The molecule has 2 aliphatic heterocycles. The fraction of sp³-hybridized carbons (Fsp3) is 0.391. The second-order valence-electron chi connectivity index (χ2n) is 15.7. The number of esters is 1. The highest BCUT2D eigenvalue weighted by molar-refractivity contribution is 6.29. The maximum Gasteiger partial charge on any atom is 0.334 e. The van der Waals surface area contributed by atoms with E-state index < -0.39 is 5.91 Å². The van der Waals surface area contributed by atoms with Crippen LogP contribution in [0.15, 0.2) is 71.0 Å². The number of nitrogens with one attached hydrogen (secondary N) is 4. The molecular formula is C46H55N5O8. The molecule has 7 N–H and O–H groups in total. The summed E-state index contributed by atoms with van der Waals surface area (Å²) in [7, 11) is 0. The summed E-state index contributed by atoms with van der Waals surface area (Å²) < 4.78 is 17.4. The lowest BCUT2D eigenvalue weighted by atomic mass is 9.95. The number of aromatic hydroxyl groups is 3. The summed E-state index contributed by atoms with van der Waals surface area (Å²) in [5.74, 6) is -1.65. The van der Waals surface area contributed by atoms with E-state index in [0.29, 0.717) is 47.8 Å². The van der Waals surface area contributed by atoms with Gasteiger partial charge in [-0.1, -0.05) is 43.7 Å². The number of rotatable bonds is 6. The number of furan rings is 1. The third kappa shape index (κ3) is 9.06. The number of fused-ring (bicyclic) bond motifs is 1. The molecule has 2 unspecified atom stereocenters.